The number of fused-ring (bicyclic) bond motifs is 1. The largest absolute Gasteiger partial charge is 0.534 e. The zero-order valence-corrected chi connectivity index (χ0v) is 20.7. The molecule has 6 heteroatoms. The summed E-state index contributed by atoms with van der Waals surface area (Å²) < 4.78 is 12.9. The van der Waals surface area contributed by atoms with Gasteiger partial charge in [0.25, 0.3) is 16.6 Å². The molecule has 0 saturated heterocycles. The molecule has 3 aromatic carbocycles. The SMILES string of the molecule is C[Si](C)(OC1=C(O[Si](C)(C)c2ccccc2)C(=O)c2ccccc2C1=O)c1ccccc1. The lowest BCUT2D eigenvalue weighted by Gasteiger charge is -2.32. The molecule has 0 amide bonds. The number of benzene rings is 3. The summed E-state index contributed by atoms with van der Waals surface area (Å²) >= 11 is 0. The molecule has 0 fully saturated rings. The van der Waals surface area contributed by atoms with Gasteiger partial charge in [0.2, 0.25) is 11.6 Å². The monoisotopic (exact) mass is 458 g/mol. The third-order valence-corrected chi connectivity index (χ3v) is 10.6. The van der Waals surface area contributed by atoms with Crippen molar-refractivity contribution in [3.63, 3.8) is 0 Å². The first-order valence-electron chi connectivity index (χ1n) is 10.6. The molecular weight excluding hydrogens is 432 g/mol. The standard InChI is InChI=1S/C26H26O4Si2/c1-31(2,19-13-7-5-8-14-19)29-25-23(27)21-17-11-12-18-22(21)24(28)26(25)30-32(3,4)20-15-9-6-10-16-20/h5-18H,1-4H3. The zero-order valence-electron chi connectivity index (χ0n) is 18.7. The Hall–Kier alpha value is -3.23. The highest BCUT2D eigenvalue weighted by molar-refractivity contribution is 6.85. The normalized spacial score (nSPS) is 14.2. The van der Waals surface area contributed by atoms with Crippen LogP contribution in [-0.2, 0) is 8.85 Å². The van der Waals surface area contributed by atoms with E-state index in [1.165, 1.54) is 0 Å². The first kappa shape index (κ1) is 22.0. The smallest absolute Gasteiger partial charge is 0.277 e. The van der Waals surface area contributed by atoms with Crippen LogP contribution >= 0.6 is 0 Å². The molecule has 0 N–H and O–H groups in total. The van der Waals surface area contributed by atoms with Crippen LogP contribution in [0.1, 0.15) is 20.7 Å². The van der Waals surface area contributed by atoms with Crippen LogP contribution in [0, 0.1) is 0 Å². The van der Waals surface area contributed by atoms with Crippen LogP contribution in [-0.4, -0.2) is 28.2 Å². The predicted octanol–water partition coefficient (Wildman–Crippen LogP) is 4.54. The van der Waals surface area contributed by atoms with Crippen molar-refractivity contribution in [1.82, 2.24) is 0 Å². The number of hydrogen-bond acceptors (Lipinski definition) is 4. The van der Waals surface area contributed by atoms with E-state index in [0.29, 0.717) is 11.1 Å². The lowest BCUT2D eigenvalue weighted by Crippen LogP contribution is -2.48. The molecule has 162 valence electrons. The summed E-state index contributed by atoms with van der Waals surface area (Å²) in [6.07, 6.45) is 0. The number of carbonyl (C=O) groups excluding carboxylic acids is 2. The van der Waals surface area contributed by atoms with E-state index in [-0.39, 0.29) is 23.1 Å². The fourth-order valence-corrected chi connectivity index (χ4v) is 7.44. The number of allylic oxidation sites excluding steroid dienone is 2. The van der Waals surface area contributed by atoms with E-state index in [2.05, 4.69) is 0 Å². The van der Waals surface area contributed by atoms with Crippen LogP contribution in [0.5, 0.6) is 0 Å². The maximum absolute atomic E-state index is 13.5. The summed E-state index contributed by atoms with van der Waals surface area (Å²) in [5, 5.41) is 2.07. The van der Waals surface area contributed by atoms with Crippen LogP contribution < -0.4 is 10.4 Å². The number of carbonyl (C=O) groups is 2. The Morgan fingerprint density at radius 3 is 1.16 bits per heavy atom. The molecule has 3 aromatic rings. The molecule has 0 saturated carbocycles. The summed E-state index contributed by atoms with van der Waals surface area (Å²) in [6.45, 7) is 8.08. The van der Waals surface area contributed by atoms with Gasteiger partial charge < -0.3 is 8.85 Å². The van der Waals surface area contributed by atoms with Crippen LogP contribution in [0.15, 0.2) is 96.4 Å². The minimum Gasteiger partial charge on any atom is -0.534 e. The molecule has 0 aliphatic heterocycles. The van der Waals surface area contributed by atoms with Gasteiger partial charge in [0, 0.05) is 11.1 Å². The van der Waals surface area contributed by atoms with E-state index in [1.807, 2.05) is 86.9 Å². The van der Waals surface area contributed by atoms with Crippen LogP contribution in [0.4, 0.5) is 0 Å². The molecule has 1 aliphatic carbocycles. The summed E-state index contributed by atoms with van der Waals surface area (Å²) in [5.41, 5.74) is 0.716. The summed E-state index contributed by atoms with van der Waals surface area (Å²) in [4.78, 5) is 27.1. The second-order valence-electron chi connectivity index (χ2n) is 8.82. The van der Waals surface area contributed by atoms with Gasteiger partial charge in [-0.3, -0.25) is 9.59 Å². The minimum absolute atomic E-state index is 0.0331. The van der Waals surface area contributed by atoms with Crippen LogP contribution in [0.2, 0.25) is 26.2 Å². The number of ketones is 2. The van der Waals surface area contributed by atoms with Gasteiger partial charge in [-0.15, -0.1) is 0 Å². The van der Waals surface area contributed by atoms with E-state index in [4.69, 9.17) is 8.85 Å². The Bertz CT molecular complexity index is 1100. The molecule has 1 aliphatic rings. The highest BCUT2D eigenvalue weighted by Crippen LogP contribution is 2.31. The summed E-state index contributed by atoms with van der Waals surface area (Å²) in [6, 6.07) is 26.6. The van der Waals surface area contributed by atoms with Gasteiger partial charge in [-0.2, -0.15) is 0 Å². The van der Waals surface area contributed by atoms with Gasteiger partial charge in [-0.05, 0) is 36.6 Å². The van der Waals surface area contributed by atoms with Gasteiger partial charge in [-0.1, -0.05) is 84.9 Å². The van der Waals surface area contributed by atoms with Gasteiger partial charge in [0.15, 0.2) is 11.5 Å². The van der Waals surface area contributed by atoms with E-state index in [1.54, 1.807) is 24.3 Å². The number of rotatable bonds is 6. The van der Waals surface area contributed by atoms with Crippen molar-refractivity contribution in [3.05, 3.63) is 108 Å². The van der Waals surface area contributed by atoms with Crippen molar-refractivity contribution in [1.29, 1.82) is 0 Å². The van der Waals surface area contributed by atoms with Crippen molar-refractivity contribution in [2.24, 2.45) is 0 Å². The van der Waals surface area contributed by atoms with Gasteiger partial charge >= 0.3 is 0 Å². The third-order valence-electron chi connectivity index (χ3n) is 5.69. The third kappa shape index (κ3) is 4.11. The Morgan fingerprint density at radius 2 is 0.812 bits per heavy atom. The van der Waals surface area contributed by atoms with E-state index in [0.717, 1.165) is 10.4 Å². The molecule has 0 spiro atoms. The number of hydrogen-bond donors (Lipinski definition) is 0. The van der Waals surface area contributed by atoms with Gasteiger partial charge in [0.1, 0.15) is 0 Å². The van der Waals surface area contributed by atoms with Crippen LogP contribution in [0.3, 0.4) is 0 Å². The van der Waals surface area contributed by atoms with Crippen molar-refractivity contribution in [3.8, 4) is 0 Å². The van der Waals surface area contributed by atoms with E-state index < -0.39 is 16.6 Å². The molecule has 0 aromatic heterocycles. The molecule has 32 heavy (non-hydrogen) atoms. The fourth-order valence-electron chi connectivity index (χ4n) is 3.82. The maximum atomic E-state index is 13.5. The van der Waals surface area contributed by atoms with E-state index in [9.17, 15) is 9.59 Å². The van der Waals surface area contributed by atoms with Crippen molar-refractivity contribution >= 4 is 38.6 Å². The molecule has 0 heterocycles. The highest BCUT2D eigenvalue weighted by Gasteiger charge is 2.42. The maximum Gasteiger partial charge on any atom is 0.277 e. The molecule has 0 atom stereocenters. The molecule has 0 radical (unpaired) electrons. The second-order valence-corrected chi connectivity index (χ2v) is 16.4. The van der Waals surface area contributed by atoms with Crippen molar-refractivity contribution in [2.45, 2.75) is 26.2 Å². The lowest BCUT2D eigenvalue weighted by molar-refractivity contribution is 0.0893. The Kier molecular flexibility index (Phi) is 5.75. The molecular formula is C26H26O4Si2. The molecule has 0 bridgehead atoms. The van der Waals surface area contributed by atoms with Crippen LogP contribution in [0.25, 0.3) is 0 Å². The number of Topliss-reactive ketones (excluding diaryl/α,β-unsaturated/α-hetero) is 2. The first-order valence-corrected chi connectivity index (χ1v) is 16.4. The summed E-state index contributed by atoms with van der Waals surface area (Å²) in [5.74, 6) is -0.536. The molecule has 4 nitrogen and oxygen atoms in total. The average Bonchev–Trinajstić information content (AvgIpc) is 2.81. The predicted molar refractivity (Wildman–Crippen MR) is 131 cm³/mol. The molecule has 0 unspecified atom stereocenters. The van der Waals surface area contributed by atoms with E-state index >= 15 is 0 Å². The highest BCUT2D eigenvalue weighted by atomic mass is 28.4. The Labute approximate surface area is 190 Å². The second kappa shape index (κ2) is 8.37. The van der Waals surface area contributed by atoms with Gasteiger partial charge in [0.05, 0.1) is 0 Å². The zero-order chi connectivity index (χ0) is 22.9. The molecule has 4 rings (SSSR count). The topological polar surface area (TPSA) is 52.6 Å². The quantitative estimate of drug-likeness (QED) is 0.509. The van der Waals surface area contributed by atoms with Crippen molar-refractivity contribution in [2.75, 3.05) is 0 Å². The van der Waals surface area contributed by atoms with Gasteiger partial charge in [-0.25, -0.2) is 0 Å². The average molecular weight is 459 g/mol. The lowest BCUT2D eigenvalue weighted by atomic mass is 9.92. The Morgan fingerprint density at radius 1 is 0.500 bits per heavy atom. The van der Waals surface area contributed by atoms with Crippen molar-refractivity contribution < 1.29 is 18.4 Å². The Balaban J connectivity index is 1.82. The minimum atomic E-state index is -2.55. The summed E-state index contributed by atoms with van der Waals surface area (Å²) in [7, 11) is -5.10. The fraction of sp³-hybridized carbons (Fsp3) is 0.154. The first-order chi connectivity index (χ1) is 15.2.